The third-order valence-electron chi connectivity index (χ3n) is 4.41. The molecule has 0 N–H and O–H groups in total. The lowest BCUT2D eigenvalue weighted by Gasteiger charge is -2.22. The van der Waals surface area contributed by atoms with Crippen LogP contribution in [0, 0.1) is 13.8 Å². The third-order valence-corrected chi connectivity index (χ3v) is 4.41. The van der Waals surface area contributed by atoms with Crippen LogP contribution in [-0.4, -0.2) is 29.1 Å². The highest BCUT2D eigenvalue weighted by Crippen LogP contribution is 2.24. The minimum absolute atomic E-state index is 0.0276. The molecule has 35 heavy (non-hydrogen) atoms. The van der Waals surface area contributed by atoms with E-state index >= 15 is 0 Å². The maximum Gasteiger partial charge on any atom is 0.420 e. The van der Waals surface area contributed by atoms with Crippen molar-refractivity contribution in [2.24, 2.45) is 0 Å². The molecule has 2 amide bonds. The topological polar surface area (TPSA) is 81.6 Å². The van der Waals surface area contributed by atoms with Gasteiger partial charge in [-0.3, -0.25) is 9.78 Å². The minimum Gasteiger partial charge on any atom is -0.452 e. The molecule has 190 valence electrons. The van der Waals surface area contributed by atoms with Gasteiger partial charge in [0.25, 0.3) is 0 Å². The van der Waals surface area contributed by atoms with E-state index < -0.39 is 12.0 Å². The molecule has 0 unspecified atom stereocenters. The van der Waals surface area contributed by atoms with E-state index in [0.717, 1.165) is 21.7 Å². The van der Waals surface area contributed by atoms with Crippen LogP contribution in [0.4, 0.5) is 10.5 Å². The van der Waals surface area contributed by atoms with Gasteiger partial charge in [0.15, 0.2) is 0 Å². The highest BCUT2D eigenvalue weighted by Gasteiger charge is 2.26. The van der Waals surface area contributed by atoms with E-state index in [1.807, 2.05) is 61.5 Å². The quantitative estimate of drug-likeness (QED) is 0.380. The fraction of sp³-hybridized carbons (Fsp3) is 0.357. The lowest BCUT2D eigenvalue weighted by atomic mass is 10.1. The van der Waals surface area contributed by atoms with Crippen molar-refractivity contribution in [3.63, 3.8) is 0 Å². The Kier molecular flexibility index (Phi) is 15.8. The summed E-state index contributed by atoms with van der Waals surface area (Å²) in [6.45, 7) is 15.6. The third kappa shape index (κ3) is 9.57. The molecule has 3 aromatic rings. The molecule has 0 radical (unpaired) electrons. The summed E-state index contributed by atoms with van der Waals surface area (Å²) in [5, 5.41) is 0. The van der Waals surface area contributed by atoms with Crippen molar-refractivity contribution in [2.75, 3.05) is 12.0 Å². The van der Waals surface area contributed by atoms with E-state index in [2.05, 4.69) is 9.97 Å². The second kappa shape index (κ2) is 17.7. The van der Waals surface area contributed by atoms with Crippen LogP contribution >= 0.6 is 0 Å². The molecule has 2 heterocycles. The molecule has 3 rings (SSSR count). The number of methoxy groups -OCH3 is 1. The monoisotopic (exact) mass is 481 g/mol. The molecular weight excluding hydrogens is 442 g/mol. The van der Waals surface area contributed by atoms with Gasteiger partial charge in [-0.15, -0.1) is 0 Å². The van der Waals surface area contributed by atoms with Crippen LogP contribution in [0.3, 0.4) is 0 Å². The number of nitrogens with zero attached hydrogens (tertiary/aromatic N) is 3. The summed E-state index contributed by atoms with van der Waals surface area (Å²) in [5.74, 6) is 0.686. The van der Waals surface area contributed by atoms with Crippen LogP contribution in [-0.2, 0) is 16.0 Å². The first kappa shape index (κ1) is 31.3. The van der Waals surface area contributed by atoms with E-state index in [0.29, 0.717) is 17.3 Å². The van der Waals surface area contributed by atoms with Crippen molar-refractivity contribution in [1.82, 2.24) is 9.97 Å². The van der Waals surface area contributed by atoms with E-state index in [1.165, 1.54) is 7.11 Å². The zero-order valence-electron chi connectivity index (χ0n) is 22.5. The normalized spacial score (nSPS) is 9.06. The Hall–Kier alpha value is -3.74. The molecule has 0 aliphatic carbocycles. The van der Waals surface area contributed by atoms with Gasteiger partial charge in [0, 0.05) is 24.2 Å². The van der Waals surface area contributed by atoms with Gasteiger partial charge in [-0.1, -0.05) is 59.7 Å². The van der Waals surface area contributed by atoms with Gasteiger partial charge in [-0.2, -0.15) is 0 Å². The van der Waals surface area contributed by atoms with Gasteiger partial charge < -0.3 is 9.47 Å². The summed E-state index contributed by atoms with van der Waals surface area (Å²) in [5.41, 5.74) is 2.68. The van der Waals surface area contributed by atoms with Gasteiger partial charge in [-0.25, -0.2) is 14.7 Å². The Labute approximate surface area is 210 Å². The average molecular weight is 482 g/mol. The SMILES string of the molecule is CC.CC.CC.COC(=O)N(C(=O)Cc1ccc(Oc2ccccn2)cc1)c1ccnc(C)c1C. The predicted molar refractivity (Wildman–Crippen MR) is 142 cm³/mol. The summed E-state index contributed by atoms with van der Waals surface area (Å²) >= 11 is 0. The summed E-state index contributed by atoms with van der Waals surface area (Å²) in [6, 6.07) is 14.1. The maximum atomic E-state index is 12.9. The lowest BCUT2D eigenvalue weighted by molar-refractivity contribution is -0.117. The molecule has 0 aliphatic heterocycles. The minimum atomic E-state index is -0.737. The fourth-order valence-electron chi connectivity index (χ4n) is 2.75. The Bertz CT molecular complexity index is 1010. The number of carbonyl (C=O) groups excluding carboxylic acids is 2. The first-order valence-corrected chi connectivity index (χ1v) is 12.0. The summed E-state index contributed by atoms with van der Waals surface area (Å²) in [6.07, 6.45) is 2.50. The number of imide groups is 1. The number of anilines is 1. The van der Waals surface area contributed by atoms with E-state index in [-0.39, 0.29) is 6.42 Å². The molecule has 1 aromatic carbocycles. The number of hydrogen-bond acceptors (Lipinski definition) is 6. The van der Waals surface area contributed by atoms with Gasteiger partial charge in [0.2, 0.25) is 11.8 Å². The van der Waals surface area contributed by atoms with Crippen molar-refractivity contribution in [3.05, 3.63) is 77.7 Å². The lowest BCUT2D eigenvalue weighted by Crippen LogP contribution is -2.38. The van der Waals surface area contributed by atoms with Crippen LogP contribution < -0.4 is 9.64 Å². The van der Waals surface area contributed by atoms with Gasteiger partial charge in [0.05, 0.1) is 19.2 Å². The Morgan fingerprint density at radius 2 is 1.46 bits per heavy atom. The molecule has 0 atom stereocenters. The van der Waals surface area contributed by atoms with Crippen molar-refractivity contribution in [3.8, 4) is 11.6 Å². The number of hydrogen-bond donors (Lipinski definition) is 0. The highest BCUT2D eigenvalue weighted by molar-refractivity contribution is 6.13. The number of ether oxygens (including phenoxy) is 2. The molecule has 0 saturated heterocycles. The second-order valence-electron chi connectivity index (χ2n) is 6.33. The standard InChI is InChI=1S/C22H21N3O4.3C2H6/c1-15-16(2)23-13-11-19(15)25(22(27)28-3)21(26)14-17-7-9-18(10-8-17)29-20-6-4-5-12-24-20;3*1-2/h4-13H,14H2,1-3H3;3*1-2H3. The smallest absolute Gasteiger partial charge is 0.420 e. The van der Waals surface area contributed by atoms with E-state index in [1.54, 1.807) is 54.9 Å². The second-order valence-corrected chi connectivity index (χ2v) is 6.33. The van der Waals surface area contributed by atoms with Crippen LogP contribution in [0.2, 0.25) is 0 Å². The van der Waals surface area contributed by atoms with E-state index in [9.17, 15) is 9.59 Å². The Morgan fingerprint density at radius 3 is 2.00 bits per heavy atom. The first-order valence-electron chi connectivity index (χ1n) is 12.0. The summed E-state index contributed by atoms with van der Waals surface area (Å²) < 4.78 is 10.5. The number of aromatic nitrogens is 2. The van der Waals surface area contributed by atoms with Crippen molar-refractivity contribution in [2.45, 2.75) is 61.8 Å². The highest BCUT2D eigenvalue weighted by atomic mass is 16.5. The van der Waals surface area contributed by atoms with Crippen molar-refractivity contribution < 1.29 is 19.1 Å². The molecular formula is C28H39N3O4. The number of pyridine rings is 2. The molecule has 0 spiro atoms. The molecule has 0 saturated carbocycles. The van der Waals surface area contributed by atoms with Crippen LogP contribution in [0.15, 0.2) is 60.9 Å². The zero-order chi connectivity index (χ0) is 26.8. The number of carbonyl (C=O) groups is 2. The van der Waals surface area contributed by atoms with Crippen LogP contribution in [0.1, 0.15) is 58.4 Å². The van der Waals surface area contributed by atoms with Crippen molar-refractivity contribution in [1.29, 1.82) is 0 Å². The summed E-state index contributed by atoms with van der Waals surface area (Å²) in [4.78, 5) is 34.6. The van der Waals surface area contributed by atoms with E-state index in [4.69, 9.17) is 9.47 Å². The van der Waals surface area contributed by atoms with Crippen LogP contribution in [0.5, 0.6) is 11.6 Å². The molecule has 7 heteroatoms. The molecule has 7 nitrogen and oxygen atoms in total. The molecule has 0 fully saturated rings. The van der Waals surface area contributed by atoms with Crippen molar-refractivity contribution >= 4 is 17.7 Å². The predicted octanol–water partition coefficient (Wildman–Crippen LogP) is 7.31. The number of benzene rings is 1. The van der Waals surface area contributed by atoms with Gasteiger partial charge in [0.1, 0.15) is 5.75 Å². The van der Waals surface area contributed by atoms with Gasteiger partial charge >= 0.3 is 6.09 Å². The average Bonchev–Trinajstić information content (AvgIpc) is 2.92. The number of rotatable bonds is 5. The number of aryl methyl sites for hydroxylation is 1. The largest absolute Gasteiger partial charge is 0.452 e. The fourth-order valence-corrected chi connectivity index (χ4v) is 2.75. The number of amides is 2. The Balaban J connectivity index is 0.00000179. The Morgan fingerprint density at radius 1 is 0.829 bits per heavy atom. The van der Waals surface area contributed by atoms with Gasteiger partial charge in [-0.05, 0) is 49.2 Å². The molecule has 0 aliphatic rings. The molecule has 2 aromatic heterocycles. The summed E-state index contributed by atoms with van der Waals surface area (Å²) in [7, 11) is 1.25. The maximum absolute atomic E-state index is 12.9. The molecule has 0 bridgehead atoms. The van der Waals surface area contributed by atoms with Crippen LogP contribution in [0.25, 0.3) is 0 Å². The first-order chi connectivity index (χ1) is 17.0. The zero-order valence-corrected chi connectivity index (χ0v) is 22.5.